The van der Waals surface area contributed by atoms with Gasteiger partial charge in [-0.3, -0.25) is 4.98 Å². The third-order valence-corrected chi connectivity index (χ3v) is 2.60. The fraction of sp³-hybridized carbons (Fsp3) is 0.500. The van der Waals surface area contributed by atoms with Crippen LogP contribution >= 0.6 is 11.3 Å². The zero-order valence-corrected chi connectivity index (χ0v) is 6.37. The molecule has 0 fully saturated rings. The first-order chi connectivity index (χ1) is 4.86. The van der Waals surface area contributed by atoms with Crippen molar-refractivity contribution < 1.29 is 0 Å². The summed E-state index contributed by atoms with van der Waals surface area (Å²) in [6, 6.07) is 0. The van der Waals surface area contributed by atoms with Gasteiger partial charge in [0.15, 0.2) is 7.85 Å². The molecule has 2 radical (unpaired) electrons. The first-order valence-corrected chi connectivity index (χ1v) is 4.12. The quantitative estimate of drug-likeness (QED) is 0.508. The molecule has 1 N–H and O–H groups in total. The number of rotatable bonds is 0. The lowest BCUT2D eigenvalue weighted by Crippen LogP contribution is -2.22. The van der Waals surface area contributed by atoms with Gasteiger partial charge in [0.25, 0.3) is 0 Å². The summed E-state index contributed by atoms with van der Waals surface area (Å²) in [5.41, 5.74) is 1.15. The Kier molecular flexibility index (Phi) is 1.50. The molecule has 0 amide bonds. The second-order valence-corrected chi connectivity index (χ2v) is 3.46. The van der Waals surface area contributed by atoms with Gasteiger partial charge in [-0.05, 0) is 6.42 Å². The van der Waals surface area contributed by atoms with Crippen LogP contribution in [-0.2, 0) is 13.0 Å². The minimum absolute atomic E-state index is 0.703. The minimum atomic E-state index is 0.703. The second kappa shape index (κ2) is 2.36. The van der Waals surface area contributed by atoms with E-state index >= 15 is 0 Å². The summed E-state index contributed by atoms with van der Waals surface area (Å²) < 4.78 is 0. The fourth-order valence-electron chi connectivity index (χ4n) is 1.15. The summed E-state index contributed by atoms with van der Waals surface area (Å²) in [6.45, 7) is 1.96. The number of fused-ring (bicyclic) bond motifs is 1. The van der Waals surface area contributed by atoms with Crippen molar-refractivity contribution in [1.29, 1.82) is 0 Å². The van der Waals surface area contributed by atoms with Crippen molar-refractivity contribution in [2.45, 2.75) is 13.0 Å². The van der Waals surface area contributed by atoms with E-state index in [9.17, 15) is 0 Å². The van der Waals surface area contributed by atoms with Crippen LogP contribution < -0.4 is 10.2 Å². The molecule has 0 aromatic carbocycles. The Morgan fingerprint density at radius 3 is 3.30 bits per heavy atom. The summed E-state index contributed by atoms with van der Waals surface area (Å²) in [4.78, 5) is 6.25. The van der Waals surface area contributed by atoms with Crippen molar-refractivity contribution in [2.24, 2.45) is 0 Å². The zero-order valence-electron chi connectivity index (χ0n) is 5.55. The van der Waals surface area contributed by atoms with Gasteiger partial charge in [-0.2, -0.15) is 0 Å². The van der Waals surface area contributed by atoms with E-state index in [4.69, 9.17) is 7.85 Å². The average Bonchev–Trinajstić information content (AvgIpc) is 2.27. The second-order valence-electron chi connectivity index (χ2n) is 2.35. The molecule has 2 rings (SSSR count). The molecule has 0 saturated heterocycles. The Morgan fingerprint density at radius 2 is 2.50 bits per heavy atom. The molecule has 50 valence electrons. The summed E-state index contributed by atoms with van der Waals surface area (Å²) in [7, 11) is 5.54. The molecule has 0 saturated carbocycles. The Balaban J connectivity index is 2.41. The van der Waals surface area contributed by atoms with Gasteiger partial charge in [0.2, 0.25) is 0 Å². The highest BCUT2D eigenvalue weighted by Crippen LogP contribution is 2.14. The third kappa shape index (κ3) is 0.974. The number of aromatic nitrogens is 1. The van der Waals surface area contributed by atoms with Gasteiger partial charge in [-0.25, -0.2) is 0 Å². The SMILES string of the molecule is [B]c1nc2c(s1)CCNC2. The molecule has 2 nitrogen and oxygen atoms in total. The van der Waals surface area contributed by atoms with E-state index in [1.54, 1.807) is 11.3 Å². The van der Waals surface area contributed by atoms with Crippen LogP contribution in [0.1, 0.15) is 10.6 Å². The van der Waals surface area contributed by atoms with Crippen LogP contribution in [0.5, 0.6) is 0 Å². The lowest BCUT2D eigenvalue weighted by atomic mass is 10.2. The van der Waals surface area contributed by atoms with Gasteiger partial charge in [0, 0.05) is 22.9 Å². The Bertz CT molecular complexity index is 222. The van der Waals surface area contributed by atoms with Crippen molar-refractivity contribution in [1.82, 2.24) is 10.3 Å². The maximum atomic E-state index is 5.54. The predicted molar refractivity (Wildman–Crippen MR) is 42.9 cm³/mol. The van der Waals surface area contributed by atoms with Crippen LogP contribution in [0.4, 0.5) is 0 Å². The number of hydrogen-bond donors (Lipinski definition) is 1. The Morgan fingerprint density at radius 1 is 1.60 bits per heavy atom. The fourth-order valence-corrected chi connectivity index (χ4v) is 1.99. The van der Waals surface area contributed by atoms with Gasteiger partial charge in [0.05, 0.1) is 5.69 Å². The van der Waals surface area contributed by atoms with Crippen LogP contribution in [0.3, 0.4) is 0 Å². The van der Waals surface area contributed by atoms with Crippen molar-refractivity contribution in [3.8, 4) is 0 Å². The number of nitrogens with one attached hydrogen (secondary N) is 1. The van der Waals surface area contributed by atoms with Crippen molar-refractivity contribution in [2.75, 3.05) is 6.54 Å². The largest absolute Gasteiger partial charge is 0.311 e. The van der Waals surface area contributed by atoms with Gasteiger partial charge < -0.3 is 5.32 Å². The van der Waals surface area contributed by atoms with Gasteiger partial charge in [-0.15, -0.1) is 11.3 Å². The van der Waals surface area contributed by atoms with E-state index in [0.29, 0.717) is 4.91 Å². The Hall–Kier alpha value is -0.345. The first kappa shape index (κ1) is 6.37. The molecule has 10 heavy (non-hydrogen) atoms. The molecular weight excluding hydrogens is 143 g/mol. The lowest BCUT2D eigenvalue weighted by molar-refractivity contribution is 0.639. The van der Waals surface area contributed by atoms with Crippen LogP contribution in [0.15, 0.2) is 0 Å². The Labute approximate surface area is 65.1 Å². The van der Waals surface area contributed by atoms with Crippen molar-refractivity contribution in [3.05, 3.63) is 10.6 Å². The van der Waals surface area contributed by atoms with Gasteiger partial charge >= 0.3 is 0 Å². The highest BCUT2D eigenvalue weighted by atomic mass is 32.1. The summed E-state index contributed by atoms with van der Waals surface area (Å²) in [5, 5.41) is 3.24. The van der Waals surface area contributed by atoms with Gasteiger partial charge in [0.1, 0.15) is 0 Å². The number of hydrogen-bond acceptors (Lipinski definition) is 3. The average molecular weight is 150 g/mol. The van der Waals surface area contributed by atoms with Crippen LogP contribution in [0.2, 0.25) is 0 Å². The third-order valence-electron chi connectivity index (χ3n) is 1.62. The molecule has 0 unspecified atom stereocenters. The van der Waals surface area contributed by atoms with E-state index in [1.165, 1.54) is 4.88 Å². The minimum Gasteiger partial charge on any atom is -0.311 e. The molecule has 1 aromatic heterocycles. The summed E-state index contributed by atoms with van der Waals surface area (Å²) in [5.74, 6) is 0. The van der Waals surface area contributed by atoms with Crippen LogP contribution in [-0.4, -0.2) is 19.4 Å². The topological polar surface area (TPSA) is 24.9 Å². The first-order valence-electron chi connectivity index (χ1n) is 3.31. The molecule has 4 heteroatoms. The van der Waals surface area contributed by atoms with E-state index in [0.717, 1.165) is 25.2 Å². The molecule has 1 aromatic rings. The van der Waals surface area contributed by atoms with E-state index in [1.807, 2.05) is 0 Å². The smallest absolute Gasteiger partial charge is 0.157 e. The summed E-state index contributed by atoms with van der Waals surface area (Å²) >= 11 is 1.62. The number of thiazole rings is 1. The molecular formula is C6H7BN2S. The van der Waals surface area contributed by atoms with Gasteiger partial charge in [-0.1, -0.05) is 0 Å². The normalized spacial score (nSPS) is 16.8. The molecule has 2 heterocycles. The molecule has 0 bridgehead atoms. The van der Waals surface area contributed by atoms with Crippen molar-refractivity contribution >= 4 is 24.1 Å². The van der Waals surface area contributed by atoms with Crippen LogP contribution in [0, 0.1) is 0 Å². The number of nitrogens with zero attached hydrogens (tertiary/aromatic N) is 1. The molecule has 0 aliphatic carbocycles. The molecule has 0 atom stereocenters. The highest BCUT2D eigenvalue weighted by molar-refractivity contribution is 7.19. The maximum absolute atomic E-state index is 5.54. The standard InChI is InChI=1S/C6H7BN2S/c7-6-9-4-3-8-2-1-5(4)10-6/h8H,1-3H2. The molecule has 1 aliphatic rings. The maximum Gasteiger partial charge on any atom is 0.157 e. The van der Waals surface area contributed by atoms with E-state index < -0.39 is 0 Å². The molecule has 1 aliphatic heterocycles. The predicted octanol–water partition coefficient (Wildman–Crippen LogP) is -0.417. The van der Waals surface area contributed by atoms with Crippen molar-refractivity contribution in [3.63, 3.8) is 0 Å². The van der Waals surface area contributed by atoms with Crippen LogP contribution in [0.25, 0.3) is 0 Å². The van der Waals surface area contributed by atoms with E-state index in [2.05, 4.69) is 10.3 Å². The molecule has 0 spiro atoms. The monoisotopic (exact) mass is 150 g/mol. The lowest BCUT2D eigenvalue weighted by Gasteiger charge is -2.09. The summed E-state index contributed by atoms with van der Waals surface area (Å²) in [6.07, 6.45) is 1.09. The van der Waals surface area contributed by atoms with E-state index in [-0.39, 0.29) is 0 Å². The highest BCUT2D eigenvalue weighted by Gasteiger charge is 2.11. The zero-order chi connectivity index (χ0) is 6.97.